The number of carbonyl (C=O) groups is 11. The van der Waals surface area contributed by atoms with Gasteiger partial charge in [0.1, 0.15) is 24.7 Å². The molecule has 0 saturated carbocycles. The number of likely N-dealkylation sites (tertiary alicyclic amines) is 1. The lowest BCUT2D eigenvalue weighted by Gasteiger charge is -2.24. The molecule has 366 valence electrons. The summed E-state index contributed by atoms with van der Waals surface area (Å²) in [5.41, 5.74) is 10.3. The van der Waals surface area contributed by atoms with Gasteiger partial charge < -0.3 is 69.3 Å². The van der Waals surface area contributed by atoms with Crippen molar-refractivity contribution in [2.75, 3.05) is 58.9 Å². The van der Waals surface area contributed by atoms with Crippen LogP contribution in [0.2, 0.25) is 0 Å². The van der Waals surface area contributed by atoms with Gasteiger partial charge in [-0.15, -0.1) is 0 Å². The number of hydrogen-bond donors (Lipinski definition) is 12. The number of nitrogens with two attached hydrogens (primary N) is 2. The quantitative estimate of drug-likeness (QED) is 0.0471. The van der Waals surface area contributed by atoms with E-state index in [0.717, 1.165) is 13.0 Å². The molecule has 4 unspecified atom stereocenters. The number of carboxylic acids is 1. The Morgan fingerprint density at radius 2 is 1.20 bits per heavy atom. The summed E-state index contributed by atoms with van der Waals surface area (Å²) < 4.78 is 0. The predicted octanol–water partition coefficient (Wildman–Crippen LogP) is -3.66. The Labute approximate surface area is 375 Å². The standard InChI is InChI=1S/C30H47N11O12.C4H11N.2C3H8/c1-16(27(50)37-14-25(47)41-9-3-5-19(41)30(53)38-15-26(48)49)39-23(45)12-34-21(43)10-33-22(44)11-35-29(52)18(6-7-20(31)42)40-24(46)13-36-28(51)17-4-2-8-32-17;1-2-3-4-5;2*1-3-2/h16-19,32H,2-15H2,1H3,(H2,31,42)(H,33,44)(H,34,43)(H,35,52)(H,36,51)(H,37,50)(H,38,53)(H,39,45)(H,40,46)(H,48,49);2-5H2,1H3;2*3H2,1-2H3. The van der Waals surface area contributed by atoms with Crippen LogP contribution < -0.4 is 59.3 Å². The maximum Gasteiger partial charge on any atom is 0.322 e. The highest BCUT2D eigenvalue weighted by Crippen LogP contribution is 2.17. The zero-order valence-electron chi connectivity index (χ0n) is 38.3. The first kappa shape index (κ1) is 60.2. The van der Waals surface area contributed by atoms with Gasteiger partial charge >= 0.3 is 5.97 Å². The van der Waals surface area contributed by atoms with E-state index >= 15 is 0 Å². The second kappa shape index (κ2) is 36.6. The Kier molecular flexibility index (Phi) is 34.4. The normalized spacial score (nSPS) is 15.5. The Morgan fingerprint density at radius 3 is 1.72 bits per heavy atom. The van der Waals surface area contributed by atoms with Gasteiger partial charge in [0.05, 0.1) is 38.8 Å². The van der Waals surface area contributed by atoms with Crippen molar-refractivity contribution in [3.63, 3.8) is 0 Å². The van der Waals surface area contributed by atoms with Crippen LogP contribution in [0.1, 0.15) is 106 Å². The van der Waals surface area contributed by atoms with Gasteiger partial charge in [0.25, 0.3) is 0 Å². The van der Waals surface area contributed by atoms with Crippen LogP contribution in [-0.4, -0.2) is 158 Å². The van der Waals surface area contributed by atoms with E-state index in [4.69, 9.17) is 16.6 Å². The van der Waals surface area contributed by atoms with Crippen molar-refractivity contribution in [1.29, 1.82) is 0 Å². The molecule has 10 amide bonds. The molecule has 2 aliphatic heterocycles. The summed E-state index contributed by atoms with van der Waals surface area (Å²) in [5, 5.41) is 30.1. The maximum absolute atomic E-state index is 12.6. The predicted molar refractivity (Wildman–Crippen MR) is 235 cm³/mol. The van der Waals surface area contributed by atoms with Crippen molar-refractivity contribution in [3.8, 4) is 0 Å². The van der Waals surface area contributed by atoms with E-state index in [0.29, 0.717) is 25.8 Å². The molecule has 0 bridgehead atoms. The molecule has 0 radical (unpaired) electrons. The van der Waals surface area contributed by atoms with Gasteiger partial charge in [-0.2, -0.15) is 0 Å². The fourth-order valence-corrected chi connectivity index (χ4v) is 5.37. The number of rotatable bonds is 23. The minimum absolute atomic E-state index is 0.188. The molecule has 2 aliphatic rings. The molecule has 24 heteroatoms. The van der Waals surface area contributed by atoms with Crippen LogP contribution in [0.4, 0.5) is 0 Å². The molecule has 64 heavy (non-hydrogen) atoms. The number of hydrogen-bond acceptors (Lipinski definition) is 13. The third-order valence-electron chi connectivity index (χ3n) is 8.48. The summed E-state index contributed by atoms with van der Waals surface area (Å²) in [6.45, 7) is 10.4. The van der Waals surface area contributed by atoms with Crippen LogP contribution in [0.5, 0.6) is 0 Å². The fourth-order valence-electron chi connectivity index (χ4n) is 5.37. The molecular weight excluding hydrogens is 841 g/mol. The molecule has 0 aliphatic carbocycles. The highest BCUT2D eigenvalue weighted by molar-refractivity contribution is 5.95. The van der Waals surface area contributed by atoms with Crippen molar-refractivity contribution >= 4 is 65.0 Å². The van der Waals surface area contributed by atoms with Crippen molar-refractivity contribution in [1.82, 2.24) is 52.8 Å². The summed E-state index contributed by atoms with van der Waals surface area (Å²) in [5.74, 6) is -8.23. The summed E-state index contributed by atoms with van der Waals surface area (Å²) in [4.78, 5) is 134. The number of carbonyl (C=O) groups excluding carboxylic acids is 10. The van der Waals surface area contributed by atoms with Crippen LogP contribution in [0.25, 0.3) is 0 Å². The molecule has 2 heterocycles. The van der Waals surface area contributed by atoms with E-state index in [1.807, 2.05) is 0 Å². The van der Waals surface area contributed by atoms with Crippen molar-refractivity contribution in [2.24, 2.45) is 11.5 Å². The van der Waals surface area contributed by atoms with Crippen LogP contribution in [0.15, 0.2) is 0 Å². The number of nitrogens with one attached hydrogen (secondary N) is 9. The van der Waals surface area contributed by atoms with E-state index in [9.17, 15) is 52.7 Å². The Bertz CT molecular complexity index is 1510. The lowest BCUT2D eigenvalue weighted by Crippen LogP contribution is -2.53. The van der Waals surface area contributed by atoms with E-state index in [1.54, 1.807) is 0 Å². The lowest BCUT2D eigenvalue weighted by atomic mass is 10.1. The summed E-state index contributed by atoms with van der Waals surface area (Å²) in [6, 6.07) is -3.69. The van der Waals surface area contributed by atoms with Gasteiger partial charge in [0.2, 0.25) is 59.1 Å². The van der Waals surface area contributed by atoms with Crippen LogP contribution in [0.3, 0.4) is 0 Å². The molecule has 2 saturated heterocycles. The zero-order valence-corrected chi connectivity index (χ0v) is 38.3. The number of amides is 10. The first-order valence-corrected chi connectivity index (χ1v) is 21.8. The number of unbranched alkanes of at least 4 members (excludes halogenated alkanes) is 1. The maximum atomic E-state index is 12.6. The average molecular weight is 915 g/mol. The first-order chi connectivity index (χ1) is 30.3. The SMILES string of the molecule is CC(NC(=O)CNC(=O)CNC(=O)CNC(=O)C(CCC(N)=O)NC(=O)CNC(=O)C1CCCN1)C(=O)NCC(=O)N1CCCC1C(=O)NCC(=O)O.CCC.CCC.CCCCN. The number of carboxylic acid groups (broad SMARTS) is 1. The minimum atomic E-state index is -1.27. The van der Waals surface area contributed by atoms with E-state index in [1.165, 1.54) is 37.5 Å². The first-order valence-electron chi connectivity index (χ1n) is 21.8. The van der Waals surface area contributed by atoms with E-state index in [2.05, 4.69) is 82.5 Å². The molecule has 14 N–H and O–H groups in total. The zero-order chi connectivity index (χ0) is 49.0. The minimum Gasteiger partial charge on any atom is -0.480 e. The van der Waals surface area contributed by atoms with Gasteiger partial charge in [0.15, 0.2) is 0 Å². The molecule has 2 rings (SSSR count). The largest absolute Gasteiger partial charge is 0.480 e. The van der Waals surface area contributed by atoms with Gasteiger partial charge in [-0.3, -0.25) is 52.7 Å². The number of aliphatic carboxylic acids is 1. The van der Waals surface area contributed by atoms with E-state index in [-0.39, 0.29) is 25.3 Å². The molecule has 0 aromatic heterocycles. The second-order valence-corrected chi connectivity index (χ2v) is 14.7. The Balaban J connectivity index is 0. The Morgan fingerprint density at radius 1 is 0.672 bits per heavy atom. The van der Waals surface area contributed by atoms with Crippen molar-refractivity contribution in [3.05, 3.63) is 0 Å². The fraction of sp³-hybridized carbons (Fsp3) is 0.725. The molecular formula is C40H74N12O12. The lowest BCUT2D eigenvalue weighted by molar-refractivity contribution is -0.141. The number of nitrogens with zero attached hydrogens (tertiary/aromatic N) is 1. The molecule has 4 atom stereocenters. The highest BCUT2D eigenvalue weighted by atomic mass is 16.4. The molecule has 0 spiro atoms. The van der Waals surface area contributed by atoms with Gasteiger partial charge in [-0.05, 0) is 58.5 Å². The molecule has 0 aromatic rings. The average Bonchev–Trinajstić information content (AvgIpc) is 3.98. The van der Waals surface area contributed by atoms with Gasteiger partial charge in [-0.25, -0.2) is 0 Å². The third-order valence-corrected chi connectivity index (χ3v) is 8.48. The van der Waals surface area contributed by atoms with Crippen LogP contribution in [0, 0.1) is 0 Å². The summed E-state index contributed by atoms with van der Waals surface area (Å²) in [6.07, 6.45) is 6.70. The van der Waals surface area contributed by atoms with Crippen LogP contribution in [-0.2, 0) is 52.7 Å². The smallest absolute Gasteiger partial charge is 0.322 e. The van der Waals surface area contributed by atoms with Crippen molar-refractivity contribution in [2.45, 2.75) is 130 Å². The molecule has 2 fully saturated rings. The summed E-state index contributed by atoms with van der Waals surface area (Å²) >= 11 is 0. The Hall–Kier alpha value is -5.91. The summed E-state index contributed by atoms with van der Waals surface area (Å²) in [7, 11) is 0. The van der Waals surface area contributed by atoms with Gasteiger partial charge in [-0.1, -0.05) is 53.9 Å². The second-order valence-electron chi connectivity index (χ2n) is 14.7. The van der Waals surface area contributed by atoms with E-state index < -0.39 is 123 Å². The number of primary amides is 1. The molecule has 0 aromatic carbocycles. The topological polar surface area (TPSA) is 372 Å². The molecule has 24 nitrogen and oxygen atoms in total. The van der Waals surface area contributed by atoms with Crippen molar-refractivity contribution < 1.29 is 57.8 Å². The highest BCUT2D eigenvalue weighted by Gasteiger charge is 2.34. The van der Waals surface area contributed by atoms with Crippen LogP contribution >= 0.6 is 0 Å². The third kappa shape index (κ3) is 29.4. The monoisotopic (exact) mass is 915 g/mol. The van der Waals surface area contributed by atoms with Gasteiger partial charge in [0, 0.05) is 13.0 Å².